The molecule has 0 radical (unpaired) electrons. The maximum absolute atomic E-state index is 5.76. The molecule has 0 aliphatic rings. The van der Waals surface area contributed by atoms with Crippen LogP contribution < -0.4 is 5.73 Å². The van der Waals surface area contributed by atoms with Gasteiger partial charge in [-0.05, 0) is 50.6 Å². The number of nitrogens with zero attached hydrogens (tertiary/aromatic N) is 3. The lowest BCUT2D eigenvalue weighted by atomic mass is 10.2. The van der Waals surface area contributed by atoms with E-state index in [9.17, 15) is 0 Å². The zero-order valence-electron chi connectivity index (χ0n) is 13.3. The summed E-state index contributed by atoms with van der Waals surface area (Å²) in [7, 11) is 0. The van der Waals surface area contributed by atoms with Crippen LogP contribution in [0.3, 0.4) is 0 Å². The topological polar surface area (TPSA) is 47.1 Å². The van der Waals surface area contributed by atoms with E-state index in [2.05, 4.69) is 53.7 Å². The van der Waals surface area contributed by atoms with Crippen LogP contribution in [0.2, 0.25) is 0 Å². The highest BCUT2D eigenvalue weighted by Gasteiger charge is 2.10. The van der Waals surface area contributed by atoms with Gasteiger partial charge in [-0.25, -0.2) is 0 Å². The van der Waals surface area contributed by atoms with Crippen LogP contribution >= 0.6 is 0 Å². The first kappa shape index (κ1) is 15.6. The second kappa shape index (κ2) is 7.27. The van der Waals surface area contributed by atoms with Gasteiger partial charge >= 0.3 is 0 Å². The monoisotopic (exact) mass is 286 g/mol. The van der Waals surface area contributed by atoms with Crippen molar-refractivity contribution in [1.82, 2.24) is 14.7 Å². The number of hydrogen-bond donors (Lipinski definition) is 1. The van der Waals surface area contributed by atoms with E-state index in [-0.39, 0.29) is 0 Å². The Labute approximate surface area is 127 Å². The van der Waals surface area contributed by atoms with Crippen LogP contribution in [0.15, 0.2) is 30.3 Å². The van der Waals surface area contributed by atoms with Gasteiger partial charge in [-0.1, -0.05) is 19.1 Å². The lowest BCUT2D eigenvalue weighted by Crippen LogP contribution is -2.25. The Kier molecular flexibility index (Phi) is 5.39. The summed E-state index contributed by atoms with van der Waals surface area (Å²) in [6, 6.07) is 10.4. The second-order valence-corrected chi connectivity index (χ2v) is 5.55. The fourth-order valence-electron chi connectivity index (χ4n) is 2.64. The molecule has 0 saturated carbocycles. The summed E-state index contributed by atoms with van der Waals surface area (Å²) in [4.78, 5) is 2.47. The van der Waals surface area contributed by atoms with Crippen molar-refractivity contribution < 1.29 is 0 Å². The first-order valence-corrected chi connectivity index (χ1v) is 7.72. The van der Waals surface area contributed by atoms with Crippen LogP contribution in [0.4, 0.5) is 5.69 Å². The Morgan fingerprint density at radius 2 is 1.86 bits per heavy atom. The number of aromatic nitrogens is 2. The third-order valence-corrected chi connectivity index (χ3v) is 3.60. The number of anilines is 1. The highest BCUT2D eigenvalue weighted by Crippen LogP contribution is 2.13. The van der Waals surface area contributed by atoms with Gasteiger partial charge in [0.05, 0.1) is 11.4 Å². The Balaban J connectivity index is 2.09. The SMILES string of the molecule is CCCN(Cc1ccc(N)cc1)Cc1cc(C)nn1CC. The Hall–Kier alpha value is -1.81. The second-order valence-electron chi connectivity index (χ2n) is 5.55. The minimum absolute atomic E-state index is 0.820. The van der Waals surface area contributed by atoms with Crippen LogP contribution in [0.5, 0.6) is 0 Å². The lowest BCUT2D eigenvalue weighted by Gasteiger charge is -2.22. The number of rotatable bonds is 7. The van der Waals surface area contributed by atoms with Gasteiger partial charge in [0.25, 0.3) is 0 Å². The van der Waals surface area contributed by atoms with Crippen LogP contribution in [-0.4, -0.2) is 21.2 Å². The molecule has 0 aliphatic heterocycles. The van der Waals surface area contributed by atoms with Gasteiger partial charge in [-0.3, -0.25) is 9.58 Å². The highest BCUT2D eigenvalue weighted by atomic mass is 15.3. The zero-order valence-corrected chi connectivity index (χ0v) is 13.3. The van der Waals surface area contributed by atoms with Crippen LogP contribution in [0.1, 0.15) is 37.2 Å². The molecule has 2 aromatic rings. The smallest absolute Gasteiger partial charge is 0.0597 e. The van der Waals surface area contributed by atoms with Crippen molar-refractivity contribution in [3.05, 3.63) is 47.3 Å². The minimum atomic E-state index is 0.820. The number of benzene rings is 1. The molecule has 0 spiro atoms. The minimum Gasteiger partial charge on any atom is -0.399 e. The molecular weight excluding hydrogens is 260 g/mol. The summed E-state index contributed by atoms with van der Waals surface area (Å²) in [6.07, 6.45) is 1.15. The maximum Gasteiger partial charge on any atom is 0.0597 e. The van der Waals surface area contributed by atoms with E-state index in [1.807, 2.05) is 12.1 Å². The standard InChI is InChI=1S/C17H26N4/c1-4-10-20(12-15-6-8-16(18)9-7-15)13-17-11-14(3)19-21(17)5-2/h6-9,11H,4-5,10,12-13,18H2,1-3H3. The van der Waals surface area contributed by atoms with Gasteiger partial charge in [-0.15, -0.1) is 0 Å². The van der Waals surface area contributed by atoms with Crippen molar-refractivity contribution in [2.45, 2.75) is 46.8 Å². The molecule has 0 aliphatic carbocycles. The number of nitrogen functional groups attached to an aromatic ring is 1. The molecule has 1 heterocycles. The molecule has 2 N–H and O–H groups in total. The lowest BCUT2D eigenvalue weighted by molar-refractivity contribution is 0.249. The number of nitrogens with two attached hydrogens (primary N) is 1. The van der Waals surface area contributed by atoms with Gasteiger partial charge in [0.2, 0.25) is 0 Å². The molecule has 4 nitrogen and oxygen atoms in total. The predicted molar refractivity (Wildman–Crippen MR) is 87.9 cm³/mol. The normalized spacial score (nSPS) is 11.2. The molecule has 114 valence electrons. The molecule has 4 heteroatoms. The van der Waals surface area contributed by atoms with Crippen molar-refractivity contribution in [2.75, 3.05) is 12.3 Å². The Morgan fingerprint density at radius 3 is 2.48 bits per heavy atom. The molecule has 1 aromatic heterocycles. The van der Waals surface area contributed by atoms with E-state index in [4.69, 9.17) is 5.73 Å². The molecule has 2 rings (SSSR count). The van der Waals surface area contributed by atoms with E-state index in [0.717, 1.165) is 44.0 Å². The van der Waals surface area contributed by atoms with E-state index in [1.165, 1.54) is 11.3 Å². The van der Waals surface area contributed by atoms with E-state index >= 15 is 0 Å². The molecule has 0 unspecified atom stereocenters. The molecule has 0 fully saturated rings. The van der Waals surface area contributed by atoms with E-state index < -0.39 is 0 Å². The molecule has 0 bridgehead atoms. The summed E-state index contributed by atoms with van der Waals surface area (Å²) in [5.41, 5.74) is 10.3. The zero-order chi connectivity index (χ0) is 15.2. The molecule has 1 aromatic carbocycles. The van der Waals surface area contributed by atoms with Gasteiger partial charge in [0, 0.05) is 25.3 Å². The predicted octanol–water partition coefficient (Wildman–Crippen LogP) is 3.21. The fraction of sp³-hybridized carbons (Fsp3) is 0.471. The first-order valence-electron chi connectivity index (χ1n) is 7.72. The molecule has 21 heavy (non-hydrogen) atoms. The van der Waals surface area contributed by atoms with Crippen molar-refractivity contribution in [2.24, 2.45) is 0 Å². The van der Waals surface area contributed by atoms with Gasteiger partial charge in [0.1, 0.15) is 0 Å². The van der Waals surface area contributed by atoms with Gasteiger partial charge in [0.15, 0.2) is 0 Å². The van der Waals surface area contributed by atoms with Crippen molar-refractivity contribution in [3.63, 3.8) is 0 Å². The summed E-state index contributed by atoms with van der Waals surface area (Å²) < 4.78 is 2.10. The van der Waals surface area contributed by atoms with Crippen molar-refractivity contribution in [3.8, 4) is 0 Å². The summed E-state index contributed by atoms with van der Waals surface area (Å²) in [5, 5.41) is 4.53. The third kappa shape index (κ3) is 4.33. The Bertz CT molecular complexity index is 557. The summed E-state index contributed by atoms with van der Waals surface area (Å²) in [5.74, 6) is 0. The van der Waals surface area contributed by atoms with Crippen molar-refractivity contribution >= 4 is 5.69 Å². The number of hydrogen-bond acceptors (Lipinski definition) is 3. The number of aryl methyl sites for hydroxylation is 2. The third-order valence-electron chi connectivity index (χ3n) is 3.60. The summed E-state index contributed by atoms with van der Waals surface area (Å²) in [6.45, 7) is 10.3. The molecule has 0 atom stereocenters. The maximum atomic E-state index is 5.76. The average molecular weight is 286 g/mol. The van der Waals surface area contributed by atoms with Crippen molar-refractivity contribution in [1.29, 1.82) is 0 Å². The highest BCUT2D eigenvalue weighted by molar-refractivity contribution is 5.39. The van der Waals surface area contributed by atoms with Gasteiger partial charge < -0.3 is 5.73 Å². The summed E-state index contributed by atoms with van der Waals surface area (Å²) >= 11 is 0. The fourth-order valence-corrected chi connectivity index (χ4v) is 2.64. The van der Waals surface area contributed by atoms with Crippen LogP contribution in [0.25, 0.3) is 0 Å². The van der Waals surface area contributed by atoms with Gasteiger partial charge in [-0.2, -0.15) is 5.10 Å². The quantitative estimate of drug-likeness (QED) is 0.795. The average Bonchev–Trinajstić information content (AvgIpc) is 2.81. The molecule has 0 saturated heterocycles. The van der Waals surface area contributed by atoms with Crippen LogP contribution in [-0.2, 0) is 19.6 Å². The Morgan fingerprint density at radius 1 is 1.14 bits per heavy atom. The van der Waals surface area contributed by atoms with E-state index in [1.54, 1.807) is 0 Å². The largest absolute Gasteiger partial charge is 0.399 e. The first-order chi connectivity index (χ1) is 10.1. The molecular formula is C17H26N4. The van der Waals surface area contributed by atoms with Crippen LogP contribution in [0, 0.1) is 6.92 Å². The molecule has 0 amide bonds. The van der Waals surface area contributed by atoms with E-state index in [0.29, 0.717) is 0 Å².